The Morgan fingerprint density at radius 3 is 2.92 bits per heavy atom. The van der Waals surface area contributed by atoms with Crippen molar-refractivity contribution in [2.24, 2.45) is 0 Å². The minimum atomic E-state index is -0.304. The van der Waals surface area contributed by atoms with Gasteiger partial charge >= 0.3 is 5.97 Å². The van der Waals surface area contributed by atoms with E-state index in [2.05, 4.69) is 30.1 Å². The number of esters is 1. The summed E-state index contributed by atoms with van der Waals surface area (Å²) in [4.78, 5) is 14.2. The molecule has 2 aromatic rings. The molecular weight excluding hydrogens is 314 g/mol. The summed E-state index contributed by atoms with van der Waals surface area (Å²) in [5, 5.41) is 10.8. The number of ether oxygens (including phenoxy) is 1. The molecule has 1 N–H and O–H groups in total. The van der Waals surface area contributed by atoms with Crippen LogP contribution < -0.4 is 4.74 Å². The number of phenols is 1. The summed E-state index contributed by atoms with van der Waals surface area (Å²) in [7, 11) is 2.16. The van der Waals surface area contributed by atoms with Gasteiger partial charge in [-0.25, -0.2) is 0 Å². The third kappa shape index (κ3) is 2.61. The van der Waals surface area contributed by atoms with E-state index in [9.17, 15) is 9.90 Å². The van der Waals surface area contributed by atoms with Gasteiger partial charge in [0, 0.05) is 24.6 Å². The van der Waals surface area contributed by atoms with Gasteiger partial charge in [0.2, 0.25) is 0 Å². The molecule has 2 aromatic carbocycles. The number of fused-ring (bicyclic) bond motifs is 2. The van der Waals surface area contributed by atoms with E-state index in [4.69, 9.17) is 4.74 Å². The molecule has 0 fully saturated rings. The number of benzene rings is 2. The zero-order chi connectivity index (χ0) is 17.6. The average molecular weight is 337 g/mol. The number of hydrogen-bond donors (Lipinski definition) is 1. The van der Waals surface area contributed by atoms with Crippen molar-refractivity contribution in [3.8, 4) is 22.6 Å². The molecule has 0 unspecified atom stereocenters. The van der Waals surface area contributed by atoms with E-state index in [-0.39, 0.29) is 17.5 Å². The predicted molar refractivity (Wildman–Crippen MR) is 96.9 cm³/mol. The zero-order valence-corrected chi connectivity index (χ0v) is 14.7. The second kappa shape index (κ2) is 6.19. The number of likely N-dealkylation sites (N-methyl/N-ethyl adjacent to an activating group) is 1. The van der Waals surface area contributed by atoms with Gasteiger partial charge in [-0.3, -0.25) is 9.69 Å². The predicted octanol–water partition coefficient (Wildman–Crippen LogP) is 3.85. The van der Waals surface area contributed by atoms with Crippen LogP contribution in [0.3, 0.4) is 0 Å². The summed E-state index contributed by atoms with van der Waals surface area (Å²) >= 11 is 0. The first-order valence-corrected chi connectivity index (χ1v) is 8.98. The molecule has 0 spiro atoms. The lowest BCUT2D eigenvalue weighted by molar-refractivity contribution is -0.134. The van der Waals surface area contributed by atoms with Crippen molar-refractivity contribution in [2.45, 2.75) is 38.6 Å². The van der Waals surface area contributed by atoms with Gasteiger partial charge in [-0.15, -0.1) is 0 Å². The monoisotopic (exact) mass is 337 g/mol. The largest absolute Gasteiger partial charge is 0.504 e. The van der Waals surface area contributed by atoms with Gasteiger partial charge in [-0.1, -0.05) is 31.2 Å². The number of hydrogen-bond acceptors (Lipinski definition) is 4. The third-order valence-electron chi connectivity index (χ3n) is 5.38. The van der Waals surface area contributed by atoms with Gasteiger partial charge in [0.05, 0.1) is 0 Å². The van der Waals surface area contributed by atoms with Crippen molar-refractivity contribution in [3.63, 3.8) is 0 Å². The van der Waals surface area contributed by atoms with Crippen LogP contribution in [0.15, 0.2) is 30.3 Å². The van der Waals surface area contributed by atoms with Crippen molar-refractivity contribution in [1.82, 2.24) is 4.90 Å². The van der Waals surface area contributed by atoms with Crippen LogP contribution in [0.25, 0.3) is 11.1 Å². The zero-order valence-electron chi connectivity index (χ0n) is 14.7. The van der Waals surface area contributed by atoms with Crippen LogP contribution in [-0.4, -0.2) is 29.6 Å². The van der Waals surface area contributed by atoms with Gasteiger partial charge < -0.3 is 9.84 Å². The summed E-state index contributed by atoms with van der Waals surface area (Å²) < 4.78 is 5.39. The van der Waals surface area contributed by atoms with Gasteiger partial charge in [0.15, 0.2) is 11.5 Å². The van der Waals surface area contributed by atoms with Gasteiger partial charge in [-0.2, -0.15) is 0 Å². The Bertz CT molecular complexity index is 843. The number of nitrogens with zero attached hydrogens (tertiary/aromatic N) is 1. The maximum absolute atomic E-state index is 11.8. The highest BCUT2D eigenvalue weighted by molar-refractivity contribution is 5.84. The average Bonchev–Trinajstić information content (AvgIpc) is 2.60. The quantitative estimate of drug-likeness (QED) is 0.683. The number of carbonyl (C=O) groups is 1. The van der Waals surface area contributed by atoms with Gasteiger partial charge in [0.25, 0.3) is 0 Å². The molecule has 0 saturated carbocycles. The highest BCUT2D eigenvalue weighted by Crippen LogP contribution is 2.50. The fraction of sp³-hybridized carbons (Fsp3) is 0.381. The topological polar surface area (TPSA) is 49.8 Å². The lowest BCUT2D eigenvalue weighted by Gasteiger charge is -2.39. The lowest BCUT2D eigenvalue weighted by atomic mass is 9.77. The summed E-state index contributed by atoms with van der Waals surface area (Å²) in [5.74, 6) is 0.0423. The Balaban J connectivity index is 1.83. The molecule has 2 aliphatic rings. The molecule has 130 valence electrons. The number of carbonyl (C=O) groups excluding carboxylic acids is 1. The molecule has 4 heteroatoms. The van der Waals surface area contributed by atoms with Crippen molar-refractivity contribution in [3.05, 3.63) is 47.0 Å². The molecular formula is C21H23NO3. The molecule has 4 rings (SSSR count). The van der Waals surface area contributed by atoms with E-state index >= 15 is 0 Å². The van der Waals surface area contributed by atoms with E-state index in [1.54, 1.807) is 6.07 Å². The second-order valence-corrected chi connectivity index (χ2v) is 7.00. The molecule has 1 aliphatic carbocycles. The maximum Gasteiger partial charge on any atom is 0.311 e. The molecule has 0 aromatic heterocycles. The summed E-state index contributed by atoms with van der Waals surface area (Å²) in [6, 6.07) is 10.4. The van der Waals surface area contributed by atoms with E-state index < -0.39 is 0 Å². The standard InChI is InChI=1S/C21H23NO3/c1-3-5-18(23)25-17-9-8-14-12-16-19-13(10-11-22(16)2)6-4-7-15(19)20(14)21(17)24/h4,6-9,16,24H,3,5,10-12H2,1-2H3/t16-/m1/s1. The summed E-state index contributed by atoms with van der Waals surface area (Å²) in [6.45, 7) is 2.98. The highest BCUT2D eigenvalue weighted by Gasteiger charge is 2.34. The second-order valence-electron chi connectivity index (χ2n) is 7.00. The van der Waals surface area contributed by atoms with Crippen LogP contribution in [-0.2, 0) is 17.6 Å². The molecule has 1 heterocycles. The van der Waals surface area contributed by atoms with E-state index in [0.717, 1.165) is 42.5 Å². The van der Waals surface area contributed by atoms with Crippen molar-refractivity contribution >= 4 is 5.97 Å². The van der Waals surface area contributed by atoms with Crippen LogP contribution in [0.1, 0.15) is 42.5 Å². The van der Waals surface area contributed by atoms with Crippen molar-refractivity contribution < 1.29 is 14.6 Å². The molecule has 4 nitrogen and oxygen atoms in total. The number of rotatable bonds is 3. The highest BCUT2D eigenvalue weighted by atomic mass is 16.5. The van der Waals surface area contributed by atoms with Gasteiger partial charge in [-0.05, 0) is 54.6 Å². The Hall–Kier alpha value is -2.33. The molecule has 1 aliphatic heterocycles. The Kier molecular flexibility index (Phi) is 4.00. The lowest BCUT2D eigenvalue weighted by Crippen LogP contribution is -2.35. The van der Waals surface area contributed by atoms with Crippen molar-refractivity contribution in [1.29, 1.82) is 0 Å². The number of phenolic OH excluding ortho intramolecular Hbond substituents is 1. The number of aromatic hydroxyl groups is 1. The van der Waals surface area contributed by atoms with Crippen molar-refractivity contribution in [2.75, 3.05) is 13.6 Å². The van der Waals surface area contributed by atoms with Crippen LogP contribution in [0.2, 0.25) is 0 Å². The molecule has 0 saturated heterocycles. The maximum atomic E-state index is 11.8. The normalized spacial score (nSPS) is 18.4. The van der Waals surface area contributed by atoms with Crippen LogP contribution in [0.5, 0.6) is 11.5 Å². The van der Waals surface area contributed by atoms with Crippen LogP contribution >= 0.6 is 0 Å². The van der Waals surface area contributed by atoms with E-state index in [1.165, 1.54) is 11.1 Å². The smallest absolute Gasteiger partial charge is 0.311 e. The molecule has 0 amide bonds. The van der Waals surface area contributed by atoms with Gasteiger partial charge in [0.1, 0.15) is 0 Å². The molecule has 25 heavy (non-hydrogen) atoms. The first-order valence-electron chi connectivity index (χ1n) is 8.98. The van der Waals surface area contributed by atoms with E-state index in [1.807, 2.05) is 13.0 Å². The third-order valence-corrected chi connectivity index (χ3v) is 5.38. The van der Waals surface area contributed by atoms with Crippen LogP contribution in [0, 0.1) is 0 Å². The van der Waals surface area contributed by atoms with Crippen LogP contribution in [0.4, 0.5) is 0 Å². The fourth-order valence-electron chi connectivity index (χ4n) is 4.13. The Labute approximate surface area is 148 Å². The van der Waals surface area contributed by atoms with E-state index in [0.29, 0.717) is 12.5 Å². The molecule has 1 atom stereocenters. The summed E-state index contributed by atoms with van der Waals surface area (Å²) in [6.07, 6.45) is 2.97. The summed E-state index contributed by atoms with van der Waals surface area (Å²) in [5.41, 5.74) is 5.68. The Morgan fingerprint density at radius 1 is 1.28 bits per heavy atom. The first-order chi connectivity index (χ1) is 12.1. The molecule has 0 bridgehead atoms. The molecule has 0 radical (unpaired) electrons. The first kappa shape index (κ1) is 16.2. The SMILES string of the molecule is CCCC(=O)Oc1ccc2c(c1O)-c1cccc3c1[C@@H](C2)N(C)CC3. The minimum absolute atomic E-state index is 0.0852. The minimum Gasteiger partial charge on any atom is -0.504 e. The fourth-order valence-corrected chi connectivity index (χ4v) is 4.13. The Morgan fingerprint density at radius 2 is 2.12 bits per heavy atom.